The summed E-state index contributed by atoms with van der Waals surface area (Å²) in [7, 11) is 0. The van der Waals surface area contributed by atoms with Crippen LogP contribution in [0.1, 0.15) is 21.5 Å². The number of aromatic nitrogens is 1. The third-order valence-electron chi connectivity index (χ3n) is 3.98. The van der Waals surface area contributed by atoms with Gasteiger partial charge < -0.3 is 16.4 Å². The number of pyridine rings is 1. The molecule has 0 atom stereocenters. The highest BCUT2D eigenvalue weighted by atomic mass is 16.1. The highest BCUT2D eigenvalue weighted by Gasteiger charge is 2.10. The van der Waals surface area contributed by atoms with Crippen molar-refractivity contribution in [3.63, 3.8) is 0 Å². The number of nitriles is 1. The van der Waals surface area contributed by atoms with E-state index >= 15 is 0 Å². The maximum absolute atomic E-state index is 11.7. The van der Waals surface area contributed by atoms with Gasteiger partial charge in [-0.25, -0.2) is 4.98 Å². The second-order valence-corrected chi connectivity index (χ2v) is 5.98. The van der Waals surface area contributed by atoms with E-state index in [4.69, 9.17) is 11.0 Å². The third kappa shape index (κ3) is 4.83. The molecular formula is C21H19N5O. The molecule has 6 nitrogen and oxygen atoms in total. The van der Waals surface area contributed by atoms with Gasteiger partial charge in [0.25, 0.3) is 5.91 Å². The van der Waals surface area contributed by atoms with Crippen LogP contribution in [-0.4, -0.2) is 10.9 Å². The highest BCUT2D eigenvalue weighted by molar-refractivity contribution is 5.98. The summed E-state index contributed by atoms with van der Waals surface area (Å²) >= 11 is 0. The Bertz CT molecular complexity index is 979. The number of amides is 1. The van der Waals surface area contributed by atoms with Crippen LogP contribution >= 0.6 is 0 Å². The number of hydrogen-bond acceptors (Lipinski definition) is 5. The van der Waals surface area contributed by atoms with Crippen LogP contribution in [0.15, 0.2) is 66.9 Å². The molecule has 0 aliphatic heterocycles. The number of hydrogen-bond donors (Lipinski definition) is 3. The summed E-state index contributed by atoms with van der Waals surface area (Å²) in [5, 5.41) is 15.3. The van der Waals surface area contributed by atoms with Crippen molar-refractivity contribution in [3.05, 3.63) is 83.6 Å². The average molecular weight is 357 g/mol. The van der Waals surface area contributed by atoms with Crippen molar-refractivity contribution in [1.82, 2.24) is 4.98 Å². The van der Waals surface area contributed by atoms with Crippen molar-refractivity contribution in [2.75, 3.05) is 10.6 Å². The zero-order chi connectivity index (χ0) is 19.1. The molecule has 0 saturated heterocycles. The van der Waals surface area contributed by atoms with Crippen molar-refractivity contribution >= 4 is 23.1 Å². The Hall–Kier alpha value is -3.85. The summed E-state index contributed by atoms with van der Waals surface area (Å²) in [5.41, 5.74) is 9.22. The number of primary amides is 1. The fourth-order valence-electron chi connectivity index (χ4n) is 2.66. The topological polar surface area (TPSA) is 104 Å². The van der Waals surface area contributed by atoms with Crippen LogP contribution in [0.4, 0.5) is 17.2 Å². The minimum Gasteiger partial charge on any atom is -0.380 e. The fraction of sp³-hybridized carbons (Fsp3) is 0.0952. The van der Waals surface area contributed by atoms with Crippen LogP contribution in [0.3, 0.4) is 0 Å². The van der Waals surface area contributed by atoms with E-state index in [1.165, 1.54) is 6.20 Å². The van der Waals surface area contributed by atoms with Gasteiger partial charge >= 0.3 is 0 Å². The molecule has 27 heavy (non-hydrogen) atoms. The molecule has 0 unspecified atom stereocenters. The summed E-state index contributed by atoms with van der Waals surface area (Å²) in [6.45, 7) is 0.558. The summed E-state index contributed by atoms with van der Waals surface area (Å²) in [4.78, 5) is 16.0. The summed E-state index contributed by atoms with van der Waals surface area (Å²) < 4.78 is 0. The lowest BCUT2D eigenvalue weighted by Gasteiger charge is -2.13. The summed E-state index contributed by atoms with van der Waals surface area (Å²) in [6.07, 6.45) is 1.80. The van der Waals surface area contributed by atoms with E-state index in [1.54, 1.807) is 6.07 Å². The van der Waals surface area contributed by atoms with Gasteiger partial charge in [0.2, 0.25) is 0 Å². The average Bonchev–Trinajstić information content (AvgIpc) is 2.68. The first-order valence-corrected chi connectivity index (χ1v) is 8.46. The largest absolute Gasteiger partial charge is 0.380 e. The van der Waals surface area contributed by atoms with Gasteiger partial charge in [-0.05, 0) is 23.3 Å². The number of nitrogens with zero attached hydrogens (tertiary/aromatic N) is 2. The van der Waals surface area contributed by atoms with Gasteiger partial charge in [-0.2, -0.15) is 5.26 Å². The van der Waals surface area contributed by atoms with Gasteiger partial charge in [-0.3, -0.25) is 4.79 Å². The first-order valence-electron chi connectivity index (χ1n) is 8.46. The Balaban J connectivity index is 1.81. The Morgan fingerprint density at radius 3 is 2.59 bits per heavy atom. The lowest BCUT2D eigenvalue weighted by Crippen LogP contribution is -2.15. The molecule has 3 rings (SSSR count). The Kier molecular flexibility index (Phi) is 5.65. The molecule has 1 heterocycles. The van der Waals surface area contributed by atoms with E-state index < -0.39 is 5.91 Å². The molecule has 3 aromatic rings. The van der Waals surface area contributed by atoms with Gasteiger partial charge in [-0.1, -0.05) is 42.5 Å². The molecule has 4 N–H and O–H groups in total. The summed E-state index contributed by atoms with van der Waals surface area (Å²) in [5.74, 6) is 0.0327. The molecule has 0 aliphatic carbocycles. The molecule has 0 aliphatic rings. The lowest BCUT2D eigenvalue weighted by molar-refractivity contribution is 0.100. The minimum atomic E-state index is -0.541. The van der Waals surface area contributed by atoms with E-state index in [2.05, 4.69) is 21.7 Å². The number of nitrogens with two attached hydrogens (primary N) is 1. The number of anilines is 3. The van der Waals surface area contributed by atoms with Crippen molar-refractivity contribution in [2.45, 2.75) is 13.0 Å². The highest BCUT2D eigenvalue weighted by Crippen LogP contribution is 2.23. The molecule has 0 bridgehead atoms. The molecule has 134 valence electrons. The number of nitrogens with one attached hydrogen (secondary N) is 2. The molecule has 0 fully saturated rings. The molecule has 1 aromatic heterocycles. The second-order valence-electron chi connectivity index (χ2n) is 5.98. The fourth-order valence-corrected chi connectivity index (χ4v) is 2.66. The van der Waals surface area contributed by atoms with E-state index in [1.807, 2.05) is 54.6 Å². The van der Waals surface area contributed by atoms with E-state index in [-0.39, 0.29) is 0 Å². The zero-order valence-electron chi connectivity index (χ0n) is 14.6. The quantitative estimate of drug-likeness (QED) is 0.599. The van der Waals surface area contributed by atoms with E-state index in [0.29, 0.717) is 30.0 Å². The first-order chi connectivity index (χ1) is 13.2. The van der Waals surface area contributed by atoms with Crippen LogP contribution in [0.5, 0.6) is 0 Å². The third-order valence-corrected chi connectivity index (χ3v) is 3.98. The van der Waals surface area contributed by atoms with E-state index in [0.717, 1.165) is 16.8 Å². The van der Waals surface area contributed by atoms with Crippen LogP contribution < -0.4 is 16.4 Å². The van der Waals surface area contributed by atoms with Gasteiger partial charge in [0.1, 0.15) is 5.82 Å². The van der Waals surface area contributed by atoms with Crippen molar-refractivity contribution in [3.8, 4) is 6.07 Å². The normalized spacial score (nSPS) is 10.0. The minimum absolute atomic E-state index is 0.328. The Morgan fingerprint density at radius 2 is 1.85 bits per heavy atom. The van der Waals surface area contributed by atoms with Crippen LogP contribution in [0, 0.1) is 11.3 Å². The standard InChI is InChI=1S/C21H19N5O/c22-10-9-15-7-4-8-17(11-15)26-20-12-19(18(14-25-20)21(23)27)24-13-16-5-2-1-3-6-16/h1-8,11-12,14H,9,13H2,(H2,23,27)(H2,24,25,26). The molecule has 0 spiro atoms. The maximum Gasteiger partial charge on any atom is 0.252 e. The smallest absolute Gasteiger partial charge is 0.252 e. The van der Waals surface area contributed by atoms with Gasteiger partial charge in [0.05, 0.1) is 23.7 Å². The maximum atomic E-state index is 11.7. The second kappa shape index (κ2) is 8.50. The number of carbonyl (C=O) groups excluding carboxylic acids is 1. The van der Waals surface area contributed by atoms with Crippen LogP contribution in [0.25, 0.3) is 0 Å². The Labute approximate surface area is 157 Å². The number of benzene rings is 2. The predicted octanol–water partition coefficient (Wildman–Crippen LogP) is 3.60. The predicted molar refractivity (Wildman–Crippen MR) is 106 cm³/mol. The van der Waals surface area contributed by atoms with Crippen molar-refractivity contribution < 1.29 is 4.79 Å². The SMILES string of the molecule is N#CCc1cccc(Nc2cc(NCc3ccccc3)c(C(N)=O)cn2)c1. The molecule has 6 heteroatoms. The van der Waals surface area contributed by atoms with Crippen LogP contribution in [0.2, 0.25) is 0 Å². The van der Waals surface area contributed by atoms with Crippen LogP contribution in [-0.2, 0) is 13.0 Å². The molecule has 0 radical (unpaired) electrons. The number of carbonyl (C=O) groups is 1. The lowest BCUT2D eigenvalue weighted by atomic mass is 10.1. The molecule has 1 amide bonds. The van der Waals surface area contributed by atoms with E-state index in [9.17, 15) is 4.79 Å². The summed E-state index contributed by atoms with van der Waals surface area (Å²) in [6, 6.07) is 21.3. The number of rotatable bonds is 7. The van der Waals surface area contributed by atoms with Crippen molar-refractivity contribution in [2.24, 2.45) is 5.73 Å². The molecular weight excluding hydrogens is 338 g/mol. The van der Waals surface area contributed by atoms with Gasteiger partial charge in [0, 0.05) is 24.5 Å². The van der Waals surface area contributed by atoms with Gasteiger partial charge in [0.15, 0.2) is 0 Å². The van der Waals surface area contributed by atoms with Gasteiger partial charge in [-0.15, -0.1) is 0 Å². The zero-order valence-corrected chi connectivity index (χ0v) is 14.6. The molecule has 0 saturated carbocycles. The Morgan fingerprint density at radius 1 is 1.07 bits per heavy atom. The molecule has 2 aromatic carbocycles. The van der Waals surface area contributed by atoms with Crippen molar-refractivity contribution in [1.29, 1.82) is 5.26 Å². The monoisotopic (exact) mass is 357 g/mol. The first kappa shape index (κ1) is 18.0.